The summed E-state index contributed by atoms with van der Waals surface area (Å²) in [6.07, 6.45) is 4.73. The zero-order valence-electron chi connectivity index (χ0n) is 16.2. The van der Waals surface area contributed by atoms with Crippen molar-refractivity contribution in [2.75, 3.05) is 37.2 Å². The highest BCUT2D eigenvalue weighted by Gasteiger charge is 2.16. The molecule has 0 saturated carbocycles. The second kappa shape index (κ2) is 8.42. The number of nitrogens with one attached hydrogen (secondary N) is 1. The van der Waals surface area contributed by atoms with Crippen molar-refractivity contribution in [2.45, 2.75) is 32.1 Å². The van der Waals surface area contributed by atoms with Crippen LogP contribution in [0.4, 0.5) is 11.4 Å². The Kier molecular flexibility index (Phi) is 5.55. The summed E-state index contributed by atoms with van der Waals surface area (Å²) in [4.78, 5) is 14.9. The van der Waals surface area contributed by atoms with E-state index < -0.39 is 0 Å². The summed E-state index contributed by atoms with van der Waals surface area (Å²) in [7, 11) is 1.62. The van der Waals surface area contributed by atoms with Crippen LogP contribution >= 0.6 is 0 Å². The fourth-order valence-corrected chi connectivity index (χ4v) is 3.71. The molecule has 0 aliphatic carbocycles. The Morgan fingerprint density at radius 1 is 1.07 bits per heavy atom. The highest BCUT2D eigenvalue weighted by Crippen LogP contribution is 2.33. The molecule has 0 spiro atoms. The van der Waals surface area contributed by atoms with E-state index in [1.54, 1.807) is 7.11 Å². The van der Waals surface area contributed by atoms with Gasteiger partial charge >= 0.3 is 0 Å². The smallest absolute Gasteiger partial charge is 0.231 e. The van der Waals surface area contributed by atoms with Crippen LogP contribution in [0.3, 0.4) is 0 Å². The number of hydrogen-bond acceptors (Lipinski definition) is 5. The van der Waals surface area contributed by atoms with Gasteiger partial charge in [0.2, 0.25) is 12.7 Å². The highest BCUT2D eigenvalue weighted by atomic mass is 16.7. The van der Waals surface area contributed by atoms with Crippen molar-refractivity contribution < 1.29 is 19.0 Å². The van der Waals surface area contributed by atoms with Crippen molar-refractivity contribution in [3.8, 4) is 17.2 Å². The van der Waals surface area contributed by atoms with Gasteiger partial charge in [-0.3, -0.25) is 4.79 Å². The van der Waals surface area contributed by atoms with Crippen LogP contribution in [0, 0.1) is 0 Å². The fourth-order valence-electron chi connectivity index (χ4n) is 3.71. The van der Waals surface area contributed by atoms with Crippen molar-refractivity contribution in [2.24, 2.45) is 0 Å². The van der Waals surface area contributed by atoms with E-state index in [-0.39, 0.29) is 12.7 Å². The first kappa shape index (κ1) is 18.5. The van der Waals surface area contributed by atoms with Crippen molar-refractivity contribution in [1.29, 1.82) is 0 Å². The number of benzene rings is 2. The Balaban J connectivity index is 1.40. The van der Waals surface area contributed by atoms with Crippen LogP contribution in [0.5, 0.6) is 17.2 Å². The quantitative estimate of drug-likeness (QED) is 0.819. The molecule has 2 aromatic rings. The first-order valence-corrected chi connectivity index (χ1v) is 9.84. The molecule has 1 fully saturated rings. The average Bonchev–Trinajstić information content (AvgIpc) is 3.21. The number of piperidine rings is 1. The number of nitrogens with zero attached hydrogens (tertiary/aromatic N) is 1. The minimum atomic E-state index is -0.0354. The molecule has 2 aliphatic rings. The van der Waals surface area contributed by atoms with E-state index in [0.717, 1.165) is 41.5 Å². The van der Waals surface area contributed by atoms with Crippen LogP contribution in [0.2, 0.25) is 0 Å². The van der Waals surface area contributed by atoms with Crippen LogP contribution < -0.4 is 24.4 Å². The van der Waals surface area contributed by atoms with Crippen LogP contribution in [0.1, 0.15) is 31.2 Å². The minimum absolute atomic E-state index is 0.0354. The van der Waals surface area contributed by atoms with Gasteiger partial charge in [-0.15, -0.1) is 0 Å². The minimum Gasteiger partial charge on any atom is -0.495 e. The lowest BCUT2D eigenvalue weighted by Crippen LogP contribution is -2.29. The predicted octanol–water partition coefficient (Wildman–Crippen LogP) is 3.99. The lowest BCUT2D eigenvalue weighted by Gasteiger charge is -2.29. The van der Waals surface area contributed by atoms with Gasteiger partial charge in [0.05, 0.1) is 12.8 Å². The SMILES string of the molecule is COc1ccc(N2CCCCC2)cc1NC(=O)CCc1ccc2c(c1)OCO2. The van der Waals surface area contributed by atoms with Crippen molar-refractivity contribution in [3.63, 3.8) is 0 Å². The predicted molar refractivity (Wildman–Crippen MR) is 109 cm³/mol. The van der Waals surface area contributed by atoms with E-state index in [2.05, 4.69) is 16.3 Å². The number of carbonyl (C=O) groups is 1. The number of hydrogen-bond donors (Lipinski definition) is 1. The summed E-state index contributed by atoms with van der Waals surface area (Å²) in [5, 5.41) is 3.02. The van der Waals surface area contributed by atoms with Gasteiger partial charge in [0.25, 0.3) is 0 Å². The third-order valence-electron chi connectivity index (χ3n) is 5.26. The lowest BCUT2D eigenvalue weighted by atomic mass is 10.1. The molecule has 148 valence electrons. The van der Waals surface area contributed by atoms with Crippen LogP contribution in [-0.2, 0) is 11.2 Å². The number of aryl methyl sites for hydroxylation is 1. The maximum absolute atomic E-state index is 12.5. The maximum Gasteiger partial charge on any atom is 0.231 e. The molecular formula is C22H26N2O4. The van der Waals surface area contributed by atoms with Crippen molar-refractivity contribution in [1.82, 2.24) is 0 Å². The summed E-state index contributed by atoms with van der Waals surface area (Å²) >= 11 is 0. The summed E-state index contributed by atoms with van der Waals surface area (Å²) in [6, 6.07) is 11.8. The number of methoxy groups -OCH3 is 1. The molecule has 2 aliphatic heterocycles. The number of fused-ring (bicyclic) bond motifs is 1. The Morgan fingerprint density at radius 2 is 1.89 bits per heavy atom. The molecule has 1 saturated heterocycles. The topological polar surface area (TPSA) is 60.0 Å². The van der Waals surface area contributed by atoms with Gasteiger partial charge in [-0.05, 0) is 61.6 Å². The monoisotopic (exact) mass is 382 g/mol. The molecule has 6 heteroatoms. The zero-order chi connectivity index (χ0) is 19.3. The molecule has 2 aromatic carbocycles. The van der Waals surface area contributed by atoms with Crippen molar-refractivity contribution in [3.05, 3.63) is 42.0 Å². The molecule has 1 amide bonds. The third kappa shape index (κ3) is 4.16. The van der Waals surface area contributed by atoms with E-state index in [1.807, 2.05) is 30.3 Å². The molecular weight excluding hydrogens is 356 g/mol. The first-order valence-electron chi connectivity index (χ1n) is 9.84. The summed E-state index contributed by atoms with van der Waals surface area (Å²) < 4.78 is 16.2. The molecule has 0 bridgehead atoms. The van der Waals surface area contributed by atoms with Crippen LogP contribution in [-0.4, -0.2) is 32.9 Å². The summed E-state index contributed by atoms with van der Waals surface area (Å²) in [5.41, 5.74) is 2.90. The fraction of sp³-hybridized carbons (Fsp3) is 0.409. The second-order valence-electron chi connectivity index (χ2n) is 7.17. The Labute approximate surface area is 165 Å². The van der Waals surface area contributed by atoms with E-state index in [1.165, 1.54) is 19.3 Å². The first-order chi connectivity index (χ1) is 13.7. The van der Waals surface area contributed by atoms with Gasteiger partial charge in [0.15, 0.2) is 11.5 Å². The summed E-state index contributed by atoms with van der Waals surface area (Å²) in [5.74, 6) is 2.14. The van der Waals surface area contributed by atoms with Gasteiger partial charge in [0.1, 0.15) is 5.75 Å². The van der Waals surface area contributed by atoms with Gasteiger partial charge in [0, 0.05) is 25.2 Å². The molecule has 2 heterocycles. The number of ether oxygens (including phenoxy) is 3. The number of rotatable bonds is 6. The number of anilines is 2. The average molecular weight is 382 g/mol. The van der Waals surface area contributed by atoms with Crippen LogP contribution in [0.15, 0.2) is 36.4 Å². The maximum atomic E-state index is 12.5. The largest absolute Gasteiger partial charge is 0.495 e. The lowest BCUT2D eigenvalue weighted by molar-refractivity contribution is -0.116. The second-order valence-corrected chi connectivity index (χ2v) is 7.17. The molecule has 0 radical (unpaired) electrons. The van der Waals surface area contributed by atoms with E-state index in [4.69, 9.17) is 14.2 Å². The van der Waals surface area contributed by atoms with Crippen LogP contribution in [0.25, 0.3) is 0 Å². The van der Waals surface area contributed by atoms with Gasteiger partial charge in [-0.1, -0.05) is 6.07 Å². The Hall–Kier alpha value is -2.89. The van der Waals surface area contributed by atoms with E-state index in [0.29, 0.717) is 18.6 Å². The van der Waals surface area contributed by atoms with Gasteiger partial charge in [-0.25, -0.2) is 0 Å². The normalized spacial score (nSPS) is 15.4. The van der Waals surface area contributed by atoms with Gasteiger partial charge in [-0.2, -0.15) is 0 Å². The third-order valence-corrected chi connectivity index (χ3v) is 5.26. The number of amides is 1. The molecule has 6 nitrogen and oxygen atoms in total. The highest BCUT2D eigenvalue weighted by molar-refractivity contribution is 5.93. The molecule has 4 rings (SSSR count). The molecule has 0 aromatic heterocycles. The molecule has 1 N–H and O–H groups in total. The molecule has 0 unspecified atom stereocenters. The van der Waals surface area contributed by atoms with Gasteiger partial charge < -0.3 is 24.4 Å². The Bertz CT molecular complexity index is 846. The summed E-state index contributed by atoms with van der Waals surface area (Å²) in [6.45, 7) is 2.38. The van der Waals surface area contributed by atoms with E-state index >= 15 is 0 Å². The van der Waals surface area contributed by atoms with E-state index in [9.17, 15) is 4.79 Å². The standard InChI is InChI=1S/C22H26N2O4/c1-26-19-9-7-17(24-11-3-2-4-12-24)14-18(19)23-22(25)10-6-16-5-8-20-21(13-16)28-15-27-20/h5,7-9,13-14H,2-4,6,10-12,15H2,1H3,(H,23,25). The van der Waals surface area contributed by atoms with Crippen molar-refractivity contribution >= 4 is 17.3 Å². The zero-order valence-corrected chi connectivity index (χ0v) is 16.2. The Morgan fingerprint density at radius 3 is 2.71 bits per heavy atom. The number of carbonyl (C=O) groups excluding carboxylic acids is 1. The molecule has 0 atom stereocenters. The molecule has 28 heavy (non-hydrogen) atoms.